The van der Waals surface area contributed by atoms with E-state index in [1.165, 1.54) is 4.90 Å². The molecule has 1 saturated heterocycles. The standard InChI is InChI=1S/C19H25N3O4/c1-20(2)19(24)12-21-6-8-22(9-7-21)18(23)10-14-13-26-17-11-15(25-3)4-5-16(14)17/h4-5,11,13H,6-10,12H2,1-3H3/p+1. The Morgan fingerprint density at radius 1 is 1.27 bits per heavy atom. The van der Waals surface area contributed by atoms with Crippen molar-refractivity contribution in [3.63, 3.8) is 0 Å². The first kappa shape index (κ1) is 18.3. The van der Waals surface area contributed by atoms with Gasteiger partial charge in [-0.05, 0) is 12.1 Å². The lowest BCUT2D eigenvalue weighted by Gasteiger charge is -2.32. The molecule has 0 spiro atoms. The summed E-state index contributed by atoms with van der Waals surface area (Å²) in [6.07, 6.45) is 1.98. The van der Waals surface area contributed by atoms with Crippen LogP contribution >= 0.6 is 0 Å². The van der Waals surface area contributed by atoms with E-state index in [0.29, 0.717) is 26.1 Å². The number of likely N-dealkylation sites (N-methyl/N-ethyl adjacent to an activating group) is 1. The molecule has 1 fully saturated rings. The number of hydrogen-bond acceptors (Lipinski definition) is 4. The number of nitrogens with zero attached hydrogens (tertiary/aromatic N) is 2. The van der Waals surface area contributed by atoms with Crippen molar-refractivity contribution in [1.29, 1.82) is 0 Å². The minimum absolute atomic E-state index is 0.0986. The molecule has 26 heavy (non-hydrogen) atoms. The predicted octanol–water partition coefficient (Wildman–Crippen LogP) is -0.201. The lowest BCUT2D eigenvalue weighted by Crippen LogP contribution is -3.15. The summed E-state index contributed by atoms with van der Waals surface area (Å²) in [5.74, 6) is 0.956. The molecule has 2 amide bonds. The van der Waals surface area contributed by atoms with Crippen LogP contribution in [0, 0.1) is 0 Å². The van der Waals surface area contributed by atoms with Gasteiger partial charge in [-0.1, -0.05) is 0 Å². The van der Waals surface area contributed by atoms with Crippen LogP contribution in [-0.4, -0.2) is 75.5 Å². The van der Waals surface area contributed by atoms with Crippen LogP contribution in [0.4, 0.5) is 0 Å². The lowest BCUT2D eigenvalue weighted by molar-refractivity contribution is -0.896. The Morgan fingerprint density at radius 2 is 2.00 bits per heavy atom. The molecule has 7 heteroatoms. The first-order valence-electron chi connectivity index (χ1n) is 8.83. The number of ether oxygens (including phenoxy) is 1. The largest absolute Gasteiger partial charge is 0.497 e. The number of fused-ring (bicyclic) bond motifs is 1. The number of piperazine rings is 1. The fourth-order valence-corrected chi connectivity index (χ4v) is 3.22. The second-order valence-corrected chi connectivity index (χ2v) is 6.90. The third-order valence-corrected chi connectivity index (χ3v) is 4.93. The van der Waals surface area contributed by atoms with Crippen LogP contribution in [0.5, 0.6) is 5.75 Å². The van der Waals surface area contributed by atoms with E-state index in [4.69, 9.17) is 9.15 Å². The van der Waals surface area contributed by atoms with Crippen molar-refractivity contribution in [2.75, 3.05) is 53.9 Å². The highest BCUT2D eigenvalue weighted by Crippen LogP contribution is 2.26. The lowest BCUT2D eigenvalue weighted by atomic mass is 10.1. The normalized spacial score (nSPS) is 15.3. The van der Waals surface area contributed by atoms with Crippen LogP contribution in [0.3, 0.4) is 0 Å². The number of methoxy groups -OCH3 is 1. The molecular weight excluding hydrogens is 334 g/mol. The van der Waals surface area contributed by atoms with Gasteiger partial charge in [0.15, 0.2) is 6.54 Å². The Bertz CT molecular complexity index is 791. The Labute approximate surface area is 153 Å². The van der Waals surface area contributed by atoms with Crippen molar-refractivity contribution in [2.24, 2.45) is 0 Å². The molecule has 3 rings (SSSR count). The Hall–Kier alpha value is -2.54. The summed E-state index contributed by atoms with van der Waals surface area (Å²) in [5.41, 5.74) is 1.62. The molecule has 0 radical (unpaired) electrons. The molecule has 0 unspecified atom stereocenters. The van der Waals surface area contributed by atoms with Gasteiger partial charge in [-0.25, -0.2) is 0 Å². The molecule has 0 bridgehead atoms. The number of quaternary nitrogens is 1. The number of furan rings is 1. The summed E-state index contributed by atoms with van der Waals surface area (Å²) in [7, 11) is 5.15. The average molecular weight is 360 g/mol. The highest BCUT2D eigenvalue weighted by atomic mass is 16.5. The van der Waals surface area contributed by atoms with E-state index in [1.54, 1.807) is 32.4 Å². The molecule has 2 aromatic rings. The van der Waals surface area contributed by atoms with Gasteiger partial charge < -0.3 is 23.9 Å². The quantitative estimate of drug-likeness (QED) is 0.802. The summed E-state index contributed by atoms with van der Waals surface area (Å²) in [5, 5.41) is 0.944. The molecule has 1 aromatic heterocycles. The summed E-state index contributed by atoms with van der Waals surface area (Å²) < 4.78 is 10.8. The molecule has 0 saturated carbocycles. The van der Waals surface area contributed by atoms with E-state index in [9.17, 15) is 9.59 Å². The monoisotopic (exact) mass is 360 g/mol. The van der Waals surface area contributed by atoms with Crippen LogP contribution in [0.25, 0.3) is 11.0 Å². The number of benzene rings is 1. The predicted molar refractivity (Wildman–Crippen MR) is 97.3 cm³/mol. The average Bonchev–Trinajstić information content (AvgIpc) is 3.04. The van der Waals surface area contributed by atoms with Crippen molar-refractivity contribution in [2.45, 2.75) is 6.42 Å². The van der Waals surface area contributed by atoms with E-state index in [-0.39, 0.29) is 11.8 Å². The summed E-state index contributed by atoms with van der Waals surface area (Å²) in [6.45, 7) is 3.45. The number of rotatable bonds is 5. The van der Waals surface area contributed by atoms with Crippen LogP contribution < -0.4 is 9.64 Å². The molecular formula is C19H26N3O4+. The fraction of sp³-hybridized carbons (Fsp3) is 0.474. The fourth-order valence-electron chi connectivity index (χ4n) is 3.22. The summed E-state index contributed by atoms with van der Waals surface area (Å²) in [4.78, 5) is 29.2. The minimum Gasteiger partial charge on any atom is -0.497 e. The zero-order valence-corrected chi connectivity index (χ0v) is 15.6. The maximum Gasteiger partial charge on any atom is 0.277 e. The van der Waals surface area contributed by atoms with Crippen LogP contribution in [0.15, 0.2) is 28.9 Å². The number of nitrogens with one attached hydrogen (secondary N) is 1. The van der Waals surface area contributed by atoms with Crippen LogP contribution in [-0.2, 0) is 16.0 Å². The third kappa shape index (κ3) is 3.99. The zero-order valence-electron chi connectivity index (χ0n) is 15.6. The number of carbonyl (C=O) groups excluding carboxylic acids is 2. The smallest absolute Gasteiger partial charge is 0.277 e. The van der Waals surface area contributed by atoms with Gasteiger partial charge in [0.05, 0.1) is 46.0 Å². The number of carbonyl (C=O) groups is 2. The maximum atomic E-state index is 12.6. The molecule has 1 aliphatic rings. The topological polar surface area (TPSA) is 67.4 Å². The second kappa shape index (κ2) is 7.78. The van der Waals surface area contributed by atoms with Gasteiger partial charge in [-0.3, -0.25) is 9.59 Å². The van der Waals surface area contributed by atoms with Gasteiger partial charge in [-0.2, -0.15) is 0 Å². The van der Waals surface area contributed by atoms with Crippen molar-refractivity contribution in [3.8, 4) is 5.75 Å². The van der Waals surface area contributed by atoms with Gasteiger partial charge in [-0.15, -0.1) is 0 Å². The van der Waals surface area contributed by atoms with Gasteiger partial charge in [0, 0.05) is 31.1 Å². The van der Waals surface area contributed by atoms with E-state index >= 15 is 0 Å². The van der Waals surface area contributed by atoms with E-state index < -0.39 is 0 Å². The molecule has 1 aliphatic heterocycles. The Balaban J connectivity index is 1.57. The van der Waals surface area contributed by atoms with Crippen molar-refractivity contribution in [3.05, 3.63) is 30.0 Å². The first-order valence-corrected chi connectivity index (χ1v) is 8.83. The Kier molecular flexibility index (Phi) is 5.46. The summed E-state index contributed by atoms with van der Waals surface area (Å²) in [6, 6.07) is 5.62. The Morgan fingerprint density at radius 3 is 2.65 bits per heavy atom. The number of hydrogen-bond donors (Lipinski definition) is 1. The molecule has 140 valence electrons. The SMILES string of the molecule is COc1ccc2c(CC(=O)N3CC[NH+](CC(=O)N(C)C)CC3)coc2c1. The van der Waals surface area contributed by atoms with E-state index in [1.807, 2.05) is 23.1 Å². The van der Waals surface area contributed by atoms with Gasteiger partial charge >= 0.3 is 0 Å². The molecule has 0 atom stereocenters. The second-order valence-electron chi connectivity index (χ2n) is 6.90. The summed E-state index contributed by atoms with van der Waals surface area (Å²) >= 11 is 0. The first-order chi connectivity index (χ1) is 12.5. The molecule has 7 nitrogen and oxygen atoms in total. The maximum absolute atomic E-state index is 12.6. The molecule has 1 N–H and O–H groups in total. The van der Waals surface area contributed by atoms with Crippen LogP contribution in [0.2, 0.25) is 0 Å². The van der Waals surface area contributed by atoms with Crippen molar-refractivity contribution < 1.29 is 23.6 Å². The minimum atomic E-state index is 0.0986. The van der Waals surface area contributed by atoms with E-state index in [0.717, 1.165) is 35.4 Å². The van der Waals surface area contributed by atoms with Gasteiger partial charge in [0.2, 0.25) is 5.91 Å². The van der Waals surface area contributed by atoms with Crippen molar-refractivity contribution in [1.82, 2.24) is 9.80 Å². The highest BCUT2D eigenvalue weighted by molar-refractivity contribution is 5.88. The zero-order chi connectivity index (χ0) is 18.7. The highest BCUT2D eigenvalue weighted by Gasteiger charge is 2.26. The third-order valence-electron chi connectivity index (χ3n) is 4.93. The van der Waals surface area contributed by atoms with Crippen molar-refractivity contribution >= 4 is 22.8 Å². The molecule has 2 heterocycles. The number of amides is 2. The molecule has 0 aliphatic carbocycles. The van der Waals surface area contributed by atoms with Gasteiger partial charge in [0.1, 0.15) is 11.3 Å². The molecule has 1 aromatic carbocycles. The van der Waals surface area contributed by atoms with Crippen LogP contribution in [0.1, 0.15) is 5.56 Å². The van der Waals surface area contributed by atoms with E-state index in [2.05, 4.69) is 0 Å². The van der Waals surface area contributed by atoms with Gasteiger partial charge in [0.25, 0.3) is 5.91 Å².